The molecule has 0 atom stereocenters. The van der Waals surface area contributed by atoms with E-state index in [1.807, 2.05) is 51.1 Å². The number of aromatic nitrogens is 1. The number of esters is 1. The van der Waals surface area contributed by atoms with Gasteiger partial charge in [0.2, 0.25) is 0 Å². The van der Waals surface area contributed by atoms with Crippen LogP contribution in [0.5, 0.6) is 0 Å². The Morgan fingerprint density at radius 3 is 2.70 bits per heavy atom. The third-order valence-corrected chi connectivity index (χ3v) is 3.05. The van der Waals surface area contributed by atoms with Crippen molar-refractivity contribution >= 4 is 27.8 Å². The van der Waals surface area contributed by atoms with Gasteiger partial charge in [0.15, 0.2) is 0 Å². The summed E-state index contributed by atoms with van der Waals surface area (Å²) in [4.78, 5) is 15.4. The van der Waals surface area contributed by atoms with E-state index in [-0.39, 0.29) is 5.97 Å². The van der Waals surface area contributed by atoms with Gasteiger partial charge in [-0.3, -0.25) is 0 Å². The van der Waals surface area contributed by atoms with Crippen molar-refractivity contribution in [3.63, 3.8) is 0 Å². The van der Waals surface area contributed by atoms with Gasteiger partial charge in [0, 0.05) is 22.4 Å². The molecule has 0 spiro atoms. The van der Waals surface area contributed by atoms with Gasteiger partial charge in [-0.15, -0.1) is 0 Å². The summed E-state index contributed by atoms with van der Waals surface area (Å²) in [6.07, 6.45) is 0. The van der Waals surface area contributed by atoms with Crippen LogP contribution in [0.15, 0.2) is 36.4 Å². The number of H-pyrrole nitrogens is 1. The summed E-state index contributed by atoms with van der Waals surface area (Å²) in [5.41, 5.74) is 1.97. The van der Waals surface area contributed by atoms with Crippen molar-refractivity contribution in [1.29, 1.82) is 0 Å². The van der Waals surface area contributed by atoms with Crippen LogP contribution in [-0.2, 0) is 4.74 Å². The van der Waals surface area contributed by atoms with Crippen LogP contribution in [-0.4, -0.2) is 16.6 Å². The first-order valence-electron chi connectivity index (χ1n) is 6.59. The summed E-state index contributed by atoms with van der Waals surface area (Å²) in [7, 11) is 0. The molecule has 1 aromatic heterocycles. The van der Waals surface area contributed by atoms with E-state index in [2.05, 4.69) is 11.1 Å². The van der Waals surface area contributed by atoms with Crippen LogP contribution in [0.1, 0.15) is 31.1 Å². The molecule has 3 heteroatoms. The summed E-state index contributed by atoms with van der Waals surface area (Å²) in [5.74, 6) is -0.319. The van der Waals surface area contributed by atoms with E-state index < -0.39 is 5.60 Å². The minimum Gasteiger partial charge on any atom is -0.456 e. The number of aromatic amines is 1. The van der Waals surface area contributed by atoms with E-state index in [4.69, 9.17) is 4.74 Å². The highest BCUT2D eigenvalue weighted by atomic mass is 16.6. The molecule has 3 nitrogen and oxygen atoms in total. The van der Waals surface area contributed by atoms with Crippen molar-refractivity contribution < 1.29 is 9.53 Å². The number of hydrogen-bond donors (Lipinski definition) is 1. The molecule has 1 heterocycles. The number of nitrogens with one attached hydrogen (secondary N) is 1. The summed E-state index contributed by atoms with van der Waals surface area (Å²) >= 11 is 0. The Labute approximate surface area is 117 Å². The number of para-hydroxylation sites is 1. The van der Waals surface area contributed by atoms with Crippen LogP contribution in [0.2, 0.25) is 0 Å². The van der Waals surface area contributed by atoms with Crippen molar-refractivity contribution in [3.8, 4) is 0 Å². The third kappa shape index (κ3) is 2.27. The molecular weight excluding hydrogens is 250 g/mol. The maximum Gasteiger partial charge on any atom is 0.338 e. The standard InChI is InChI=1S/C17H16NO2/c1-17(2,3)20-16(19)11-8-9-15-13(10-11)12-6-4-5-7-14(12)18-15/h4-8,10,18H,1-3H3. The molecule has 101 valence electrons. The second-order valence-electron chi connectivity index (χ2n) is 5.85. The predicted molar refractivity (Wildman–Crippen MR) is 79.8 cm³/mol. The van der Waals surface area contributed by atoms with Crippen LogP contribution < -0.4 is 0 Å². The molecule has 20 heavy (non-hydrogen) atoms. The van der Waals surface area contributed by atoms with Crippen LogP contribution in [0.25, 0.3) is 21.8 Å². The van der Waals surface area contributed by atoms with Crippen molar-refractivity contribution in [2.75, 3.05) is 0 Å². The average molecular weight is 266 g/mol. The molecule has 0 aliphatic heterocycles. The zero-order valence-electron chi connectivity index (χ0n) is 11.8. The summed E-state index contributed by atoms with van der Waals surface area (Å²) < 4.78 is 5.39. The first-order chi connectivity index (χ1) is 9.44. The molecule has 0 amide bonds. The number of carbonyl (C=O) groups excluding carboxylic acids is 1. The molecule has 0 saturated carbocycles. The lowest BCUT2D eigenvalue weighted by Crippen LogP contribution is -2.23. The number of hydrogen-bond acceptors (Lipinski definition) is 2. The normalized spacial score (nSPS) is 11.9. The largest absolute Gasteiger partial charge is 0.456 e. The lowest BCUT2D eigenvalue weighted by atomic mass is 10.1. The topological polar surface area (TPSA) is 42.1 Å². The molecule has 3 aromatic rings. The highest BCUT2D eigenvalue weighted by molar-refractivity contribution is 6.09. The van der Waals surface area contributed by atoms with Gasteiger partial charge in [-0.05, 0) is 39.0 Å². The second kappa shape index (κ2) is 4.37. The fraction of sp³-hybridized carbons (Fsp3) is 0.235. The summed E-state index contributed by atoms with van der Waals surface area (Å²) in [6, 6.07) is 14.7. The second-order valence-corrected chi connectivity index (χ2v) is 5.85. The lowest BCUT2D eigenvalue weighted by Gasteiger charge is -2.19. The fourth-order valence-electron chi connectivity index (χ4n) is 2.23. The molecule has 0 aliphatic rings. The van der Waals surface area contributed by atoms with Crippen molar-refractivity contribution in [2.45, 2.75) is 26.4 Å². The molecule has 1 radical (unpaired) electrons. The first kappa shape index (κ1) is 12.7. The van der Waals surface area contributed by atoms with Gasteiger partial charge < -0.3 is 9.72 Å². The van der Waals surface area contributed by atoms with Crippen molar-refractivity contribution in [1.82, 2.24) is 4.98 Å². The Hall–Kier alpha value is -2.29. The van der Waals surface area contributed by atoms with Crippen LogP contribution >= 0.6 is 0 Å². The molecule has 0 fully saturated rings. The molecule has 2 aromatic carbocycles. The first-order valence-corrected chi connectivity index (χ1v) is 6.59. The number of benzene rings is 2. The highest BCUT2D eigenvalue weighted by Gasteiger charge is 2.18. The minimum absolute atomic E-state index is 0.319. The van der Waals surface area contributed by atoms with Crippen molar-refractivity contribution in [2.24, 2.45) is 0 Å². The fourth-order valence-corrected chi connectivity index (χ4v) is 2.23. The van der Waals surface area contributed by atoms with E-state index >= 15 is 0 Å². The number of carbonyl (C=O) groups is 1. The van der Waals surface area contributed by atoms with Gasteiger partial charge in [-0.1, -0.05) is 18.2 Å². The molecular formula is C17H16NO2. The molecule has 0 aliphatic carbocycles. The number of ether oxygens (including phenoxy) is 1. The molecule has 1 N–H and O–H groups in total. The van der Waals surface area contributed by atoms with Crippen LogP contribution in [0.3, 0.4) is 0 Å². The Balaban J connectivity index is 2.10. The molecule has 3 rings (SSSR count). The van der Waals surface area contributed by atoms with E-state index in [1.165, 1.54) is 0 Å². The third-order valence-electron chi connectivity index (χ3n) is 3.05. The van der Waals surface area contributed by atoms with E-state index in [9.17, 15) is 4.79 Å². The molecule has 0 unspecified atom stereocenters. The van der Waals surface area contributed by atoms with Crippen LogP contribution in [0.4, 0.5) is 0 Å². The number of rotatable bonds is 1. The van der Waals surface area contributed by atoms with Gasteiger partial charge in [-0.2, -0.15) is 0 Å². The van der Waals surface area contributed by atoms with Gasteiger partial charge in [0.25, 0.3) is 0 Å². The Morgan fingerprint density at radius 2 is 1.95 bits per heavy atom. The van der Waals surface area contributed by atoms with Gasteiger partial charge in [-0.25, -0.2) is 4.79 Å². The quantitative estimate of drug-likeness (QED) is 0.674. The van der Waals surface area contributed by atoms with Crippen molar-refractivity contribution in [3.05, 3.63) is 48.0 Å². The van der Waals surface area contributed by atoms with Gasteiger partial charge in [0.05, 0.1) is 11.1 Å². The Bertz CT molecular complexity index is 793. The van der Waals surface area contributed by atoms with E-state index in [0.29, 0.717) is 5.56 Å². The zero-order chi connectivity index (χ0) is 14.3. The maximum atomic E-state index is 12.1. The SMILES string of the molecule is CC(C)(C)OC(=O)c1c[c]c2[nH]c3ccccc3c2c1. The lowest BCUT2D eigenvalue weighted by molar-refractivity contribution is 0.00697. The highest BCUT2D eigenvalue weighted by Crippen LogP contribution is 2.26. The molecule has 0 saturated heterocycles. The number of fused-ring (bicyclic) bond motifs is 3. The Morgan fingerprint density at radius 1 is 1.20 bits per heavy atom. The van der Waals surface area contributed by atoms with Gasteiger partial charge >= 0.3 is 5.97 Å². The molecule has 0 bridgehead atoms. The summed E-state index contributed by atoms with van der Waals surface area (Å²) in [6.45, 7) is 5.58. The van der Waals surface area contributed by atoms with Crippen LogP contribution in [0, 0.1) is 6.07 Å². The summed E-state index contributed by atoms with van der Waals surface area (Å²) in [5, 5.41) is 2.08. The van der Waals surface area contributed by atoms with E-state index in [1.54, 1.807) is 6.07 Å². The predicted octanol–water partition coefficient (Wildman–Crippen LogP) is 4.08. The van der Waals surface area contributed by atoms with Gasteiger partial charge in [0.1, 0.15) is 5.60 Å². The zero-order valence-corrected chi connectivity index (χ0v) is 11.8. The maximum absolute atomic E-state index is 12.1. The minimum atomic E-state index is -0.494. The van der Waals surface area contributed by atoms with E-state index in [0.717, 1.165) is 21.8 Å². The smallest absolute Gasteiger partial charge is 0.338 e. The Kier molecular flexibility index (Phi) is 2.78. The average Bonchev–Trinajstić information content (AvgIpc) is 2.74. The monoisotopic (exact) mass is 266 g/mol.